The third-order valence-corrected chi connectivity index (χ3v) is 7.66. The molecule has 0 bridgehead atoms. The van der Waals surface area contributed by atoms with Crippen molar-refractivity contribution in [2.24, 2.45) is 5.92 Å². The molecule has 8 heteroatoms. The van der Waals surface area contributed by atoms with E-state index in [0.717, 1.165) is 38.2 Å². The first-order valence-electron chi connectivity index (χ1n) is 13.0. The van der Waals surface area contributed by atoms with Gasteiger partial charge < -0.3 is 19.5 Å². The third kappa shape index (κ3) is 4.62. The average Bonchev–Trinajstić information content (AvgIpc) is 3.15. The van der Waals surface area contributed by atoms with Gasteiger partial charge in [-0.25, -0.2) is 4.79 Å². The fraction of sp³-hybridized carbons (Fsp3) is 0.500. The number of piperidine rings is 1. The molecule has 192 valence electrons. The van der Waals surface area contributed by atoms with Gasteiger partial charge in [0.15, 0.2) is 17.6 Å². The highest BCUT2D eigenvalue weighted by molar-refractivity contribution is 6.07. The van der Waals surface area contributed by atoms with E-state index < -0.39 is 11.6 Å². The van der Waals surface area contributed by atoms with Crippen LogP contribution < -0.4 is 19.5 Å². The van der Waals surface area contributed by atoms with Crippen molar-refractivity contribution in [3.05, 3.63) is 54.1 Å². The predicted octanol–water partition coefficient (Wildman–Crippen LogP) is 3.84. The Bertz CT molecular complexity index is 1100. The number of imide groups is 1. The minimum Gasteiger partial charge on any atom is -0.494 e. The zero-order valence-electron chi connectivity index (χ0n) is 21.1. The number of likely N-dealkylation sites (tertiary alicyclic amines) is 1. The van der Waals surface area contributed by atoms with Crippen LogP contribution in [-0.2, 0) is 11.3 Å². The number of rotatable bonds is 8. The standard InChI is InChI=1S/C28H35N3O5/c1-3-28(21-13-15-30(16-14-21)17-20-9-5-6-10-23(20)34-4-2)26(32)31(27(33)29-28)18-22-19-35-24-11-7-8-12-25(24)36-22/h5-12,21-22H,3-4,13-19H2,1-2H3,(H,29,33)/t22-,28-/m0/s1. The fourth-order valence-corrected chi connectivity index (χ4v) is 5.73. The van der Waals surface area contributed by atoms with Gasteiger partial charge in [-0.15, -0.1) is 0 Å². The lowest BCUT2D eigenvalue weighted by atomic mass is 9.75. The van der Waals surface area contributed by atoms with E-state index in [1.54, 1.807) is 0 Å². The Hall–Kier alpha value is -3.26. The normalized spacial score (nSPS) is 24.6. The van der Waals surface area contributed by atoms with Gasteiger partial charge in [0.05, 0.1) is 13.2 Å². The zero-order chi connectivity index (χ0) is 25.1. The van der Waals surface area contributed by atoms with Crippen LogP contribution in [-0.4, -0.2) is 66.2 Å². The highest BCUT2D eigenvalue weighted by Crippen LogP contribution is 2.37. The molecule has 0 saturated carbocycles. The van der Waals surface area contributed by atoms with Crippen molar-refractivity contribution < 1.29 is 23.8 Å². The lowest BCUT2D eigenvalue weighted by Gasteiger charge is -2.40. The Morgan fingerprint density at radius 3 is 2.50 bits per heavy atom. The molecule has 3 heterocycles. The van der Waals surface area contributed by atoms with Crippen molar-refractivity contribution in [2.75, 3.05) is 32.8 Å². The van der Waals surface area contributed by atoms with Gasteiger partial charge in [0.1, 0.15) is 17.9 Å². The molecule has 8 nitrogen and oxygen atoms in total. The summed E-state index contributed by atoms with van der Waals surface area (Å²) in [5, 5.41) is 3.09. The van der Waals surface area contributed by atoms with E-state index in [0.29, 0.717) is 31.1 Å². The minimum atomic E-state index is -0.861. The summed E-state index contributed by atoms with van der Waals surface area (Å²) in [7, 11) is 0. The molecule has 3 aliphatic heterocycles. The molecule has 0 aromatic heterocycles. The van der Waals surface area contributed by atoms with Crippen LogP contribution >= 0.6 is 0 Å². The van der Waals surface area contributed by atoms with Gasteiger partial charge in [-0.3, -0.25) is 14.6 Å². The molecule has 2 aromatic rings. The number of nitrogens with one attached hydrogen (secondary N) is 1. The summed E-state index contributed by atoms with van der Waals surface area (Å²) in [6, 6.07) is 15.3. The van der Waals surface area contributed by atoms with Crippen LogP contribution in [0, 0.1) is 5.92 Å². The number of para-hydroxylation sites is 3. The first kappa shape index (κ1) is 24.4. The predicted molar refractivity (Wildman–Crippen MR) is 135 cm³/mol. The summed E-state index contributed by atoms with van der Waals surface area (Å²) in [6.45, 7) is 7.65. The Morgan fingerprint density at radius 1 is 1.03 bits per heavy atom. The van der Waals surface area contributed by atoms with E-state index in [4.69, 9.17) is 14.2 Å². The van der Waals surface area contributed by atoms with Gasteiger partial charge in [0.25, 0.3) is 5.91 Å². The number of nitrogens with zero attached hydrogens (tertiary/aromatic N) is 2. The summed E-state index contributed by atoms with van der Waals surface area (Å²) in [4.78, 5) is 30.4. The van der Waals surface area contributed by atoms with E-state index in [1.165, 1.54) is 10.5 Å². The smallest absolute Gasteiger partial charge is 0.325 e. The molecule has 5 rings (SSSR count). The lowest BCUT2D eigenvalue weighted by molar-refractivity contribution is -0.135. The lowest BCUT2D eigenvalue weighted by Crippen LogP contribution is -2.56. The van der Waals surface area contributed by atoms with Crippen molar-refractivity contribution in [3.63, 3.8) is 0 Å². The van der Waals surface area contributed by atoms with Crippen LogP contribution in [0.15, 0.2) is 48.5 Å². The number of urea groups is 1. The van der Waals surface area contributed by atoms with Crippen LogP contribution in [0.2, 0.25) is 0 Å². The SMILES string of the molecule is CCOc1ccccc1CN1CCC([C@]2(CC)NC(=O)N(C[C@H]3COc4ccccc4O3)C2=O)CC1. The fourth-order valence-electron chi connectivity index (χ4n) is 5.73. The molecule has 1 N–H and O–H groups in total. The van der Waals surface area contributed by atoms with E-state index >= 15 is 0 Å². The maximum atomic E-state index is 13.7. The van der Waals surface area contributed by atoms with Crippen molar-refractivity contribution in [1.82, 2.24) is 15.1 Å². The number of ether oxygens (including phenoxy) is 3. The highest BCUT2D eigenvalue weighted by atomic mass is 16.6. The largest absolute Gasteiger partial charge is 0.494 e. The van der Waals surface area contributed by atoms with Gasteiger partial charge in [-0.1, -0.05) is 37.3 Å². The Balaban J connectivity index is 1.22. The van der Waals surface area contributed by atoms with Crippen molar-refractivity contribution in [1.29, 1.82) is 0 Å². The summed E-state index contributed by atoms with van der Waals surface area (Å²) in [5.74, 6) is 2.20. The monoisotopic (exact) mass is 493 g/mol. The van der Waals surface area contributed by atoms with Gasteiger partial charge in [0, 0.05) is 12.1 Å². The second-order valence-electron chi connectivity index (χ2n) is 9.76. The second kappa shape index (κ2) is 10.4. The van der Waals surface area contributed by atoms with E-state index in [1.807, 2.05) is 56.3 Å². The molecular weight excluding hydrogens is 458 g/mol. The number of fused-ring (bicyclic) bond motifs is 1. The number of amides is 3. The second-order valence-corrected chi connectivity index (χ2v) is 9.76. The molecule has 0 spiro atoms. The number of carbonyl (C=O) groups is 2. The summed E-state index contributed by atoms with van der Waals surface area (Å²) >= 11 is 0. The van der Waals surface area contributed by atoms with Crippen LogP contribution in [0.25, 0.3) is 0 Å². The van der Waals surface area contributed by atoms with Crippen molar-refractivity contribution in [2.45, 2.75) is 51.3 Å². The molecule has 3 aliphatic rings. The van der Waals surface area contributed by atoms with Crippen LogP contribution in [0.4, 0.5) is 4.79 Å². The summed E-state index contributed by atoms with van der Waals surface area (Å²) in [5.41, 5.74) is 0.315. The zero-order valence-corrected chi connectivity index (χ0v) is 21.1. The average molecular weight is 494 g/mol. The van der Waals surface area contributed by atoms with Gasteiger partial charge in [-0.05, 0) is 63.4 Å². The van der Waals surface area contributed by atoms with Gasteiger partial charge in [-0.2, -0.15) is 0 Å². The van der Waals surface area contributed by atoms with Gasteiger partial charge in [0.2, 0.25) is 0 Å². The maximum Gasteiger partial charge on any atom is 0.325 e. The quantitative estimate of drug-likeness (QED) is 0.563. The molecular formula is C28H35N3O5. The van der Waals surface area contributed by atoms with Crippen molar-refractivity contribution >= 4 is 11.9 Å². The molecule has 2 atom stereocenters. The van der Waals surface area contributed by atoms with Crippen LogP contribution in [0.3, 0.4) is 0 Å². The van der Waals surface area contributed by atoms with Crippen LogP contribution in [0.5, 0.6) is 17.2 Å². The first-order chi connectivity index (χ1) is 17.5. The Labute approximate surface area is 212 Å². The highest BCUT2D eigenvalue weighted by Gasteiger charge is 2.55. The number of hydrogen-bond acceptors (Lipinski definition) is 6. The molecule has 2 fully saturated rings. The molecule has 0 aliphatic carbocycles. The topological polar surface area (TPSA) is 80.3 Å². The Kier molecular flexibility index (Phi) is 7.05. The molecule has 0 unspecified atom stereocenters. The molecule has 36 heavy (non-hydrogen) atoms. The van der Waals surface area contributed by atoms with Crippen LogP contribution in [0.1, 0.15) is 38.7 Å². The van der Waals surface area contributed by atoms with Gasteiger partial charge >= 0.3 is 6.03 Å². The molecule has 2 saturated heterocycles. The third-order valence-electron chi connectivity index (χ3n) is 7.66. The minimum absolute atomic E-state index is 0.0894. The molecule has 0 radical (unpaired) electrons. The van der Waals surface area contributed by atoms with E-state index in [2.05, 4.69) is 16.3 Å². The first-order valence-corrected chi connectivity index (χ1v) is 13.0. The van der Waals surface area contributed by atoms with E-state index in [9.17, 15) is 9.59 Å². The summed E-state index contributed by atoms with van der Waals surface area (Å²) in [6.07, 6.45) is 1.87. The summed E-state index contributed by atoms with van der Waals surface area (Å²) < 4.78 is 17.6. The number of benzene rings is 2. The Morgan fingerprint density at radius 2 is 1.75 bits per heavy atom. The number of hydrogen-bond donors (Lipinski definition) is 1. The maximum absolute atomic E-state index is 13.7. The number of carbonyl (C=O) groups excluding carboxylic acids is 2. The van der Waals surface area contributed by atoms with E-state index in [-0.39, 0.29) is 24.4 Å². The molecule has 2 aromatic carbocycles. The van der Waals surface area contributed by atoms with Crippen molar-refractivity contribution in [3.8, 4) is 17.2 Å². The molecule has 3 amide bonds.